The van der Waals surface area contributed by atoms with Crippen LogP contribution in [0.25, 0.3) is 0 Å². The second-order valence-corrected chi connectivity index (χ2v) is 6.45. The Hall–Kier alpha value is -1.48. The summed E-state index contributed by atoms with van der Waals surface area (Å²) >= 11 is 0. The van der Waals surface area contributed by atoms with E-state index in [-0.39, 0.29) is 0 Å². The molecule has 21 heavy (non-hydrogen) atoms. The summed E-state index contributed by atoms with van der Waals surface area (Å²) in [4.78, 5) is 0. The molecule has 0 saturated heterocycles. The van der Waals surface area contributed by atoms with E-state index >= 15 is 0 Å². The molecule has 3 rings (SSSR count). The van der Waals surface area contributed by atoms with Gasteiger partial charge in [-0.25, -0.2) is 0 Å². The third-order valence-corrected chi connectivity index (χ3v) is 5.16. The first-order valence-corrected chi connectivity index (χ1v) is 7.93. The van der Waals surface area contributed by atoms with Crippen LogP contribution in [0.1, 0.15) is 49.3 Å². The van der Waals surface area contributed by atoms with Crippen molar-refractivity contribution in [3.05, 3.63) is 35.9 Å². The Morgan fingerprint density at radius 3 is 2.52 bits per heavy atom. The Labute approximate surface area is 127 Å². The fourth-order valence-electron chi connectivity index (χ4n) is 4.19. The molecule has 3 nitrogen and oxygen atoms in total. The molecule has 1 aromatic rings. The highest BCUT2D eigenvalue weighted by Gasteiger charge is 2.44. The van der Waals surface area contributed by atoms with Crippen LogP contribution >= 0.6 is 0 Å². The molecular weight excluding hydrogens is 262 g/mol. The van der Waals surface area contributed by atoms with E-state index in [1.165, 1.54) is 36.8 Å². The number of rotatable bonds is 4. The van der Waals surface area contributed by atoms with Gasteiger partial charge in [-0.1, -0.05) is 6.08 Å². The van der Waals surface area contributed by atoms with Crippen LogP contribution < -0.4 is 14.8 Å². The summed E-state index contributed by atoms with van der Waals surface area (Å²) in [6, 6.07) is 4.82. The molecule has 1 heterocycles. The lowest BCUT2D eigenvalue weighted by atomic mass is 9.79. The minimum Gasteiger partial charge on any atom is -0.493 e. The second kappa shape index (κ2) is 5.72. The van der Waals surface area contributed by atoms with E-state index in [4.69, 9.17) is 9.47 Å². The molecule has 1 spiro atoms. The molecule has 1 fully saturated rings. The molecule has 2 N–H and O–H groups in total. The zero-order valence-electron chi connectivity index (χ0n) is 13.2. The van der Waals surface area contributed by atoms with Crippen molar-refractivity contribution in [1.82, 2.24) is 0 Å². The number of hydrogen-bond donors (Lipinski definition) is 1. The third kappa shape index (κ3) is 2.55. The van der Waals surface area contributed by atoms with Gasteiger partial charge in [-0.2, -0.15) is 0 Å². The highest BCUT2D eigenvalue weighted by atomic mass is 16.5. The molecule has 0 bridgehead atoms. The summed E-state index contributed by atoms with van der Waals surface area (Å²) in [6.07, 6.45) is 9.57. The molecule has 1 saturated carbocycles. The van der Waals surface area contributed by atoms with Crippen LogP contribution in [0.4, 0.5) is 0 Å². The molecular formula is C18H26NO2+. The van der Waals surface area contributed by atoms with Crippen molar-refractivity contribution in [3.8, 4) is 11.5 Å². The maximum absolute atomic E-state index is 5.49. The number of hydrogen-bond acceptors (Lipinski definition) is 2. The number of benzene rings is 1. The van der Waals surface area contributed by atoms with Gasteiger partial charge in [0.25, 0.3) is 0 Å². The van der Waals surface area contributed by atoms with Gasteiger partial charge < -0.3 is 14.8 Å². The average molecular weight is 288 g/mol. The topological polar surface area (TPSA) is 35.1 Å². The predicted octanol–water partition coefficient (Wildman–Crippen LogP) is 2.75. The fraction of sp³-hybridized carbons (Fsp3) is 0.556. The third-order valence-electron chi connectivity index (χ3n) is 5.16. The van der Waals surface area contributed by atoms with Crippen molar-refractivity contribution in [2.45, 2.75) is 50.1 Å². The van der Waals surface area contributed by atoms with Crippen LogP contribution in [0.15, 0.2) is 24.8 Å². The van der Waals surface area contributed by atoms with Gasteiger partial charge in [-0.15, -0.1) is 6.58 Å². The zero-order chi connectivity index (χ0) is 14.9. The van der Waals surface area contributed by atoms with Crippen molar-refractivity contribution >= 4 is 0 Å². The Morgan fingerprint density at radius 2 is 1.90 bits per heavy atom. The standard InChI is InChI=1S/C18H25NO2/c1-4-7-15-14-11-17(21-3)16(20-2)10-13(14)12-18(19-15)8-5-6-9-18/h4,10-11,15,19H,1,5-9,12H2,2-3H3/p+1. The van der Waals surface area contributed by atoms with Gasteiger partial charge in [0.05, 0.1) is 14.2 Å². The van der Waals surface area contributed by atoms with Gasteiger partial charge in [0.2, 0.25) is 0 Å². The lowest BCUT2D eigenvalue weighted by Crippen LogP contribution is -2.98. The quantitative estimate of drug-likeness (QED) is 0.865. The molecule has 3 heteroatoms. The molecule has 0 amide bonds. The molecule has 1 aromatic carbocycles. The van der Waals surface area contributed by atoms with Crippen LogP contribution in [-0.4, -0.2) is 19.8 Å². The molecule has 1 aliphatic carbocycles. The molecule has 1 unspecified atom stereocenters. The predicted molar refractivity (Wildman–Crippen MR) is 83.9 cm³/mol. The van der Waals surface area contributed by atoms with Gasteiger partial charge in [0.1, 0.15) is 11.6 Å². The van der Waals surface area contributed by atoms with Crippen molar-refractivity contribution in [1.29, 1.82) is 0 Å². The molecule has 1 atom stereocenters. The zero-order valence-corrected chi connectivity index (χ0v) is 13.2. The van der Waals surface area contributed by atoms with E-state index in [0.29, 0.717) is 11.6 Å². The fourth-order valence-corrected chi connectivity index (χ4v) is 4.19. The largest absolute Gasteiger partial charge is 0.493 e. The van der Waals surface area contributed by atoms with Crippen LogP contribution in [0.2, 0.25) is 0 Å². The SMILES string of the molecule is C=CCC1[NH2+]C2(CCCC2)Cc2cc(OC)c(OC)cc21. The highest BCUT2D eigenvalue weighted by molar-refractivity contribution is 5.49. The molecule has 0 aromatic heterocycles. The molecule has 1 aliphatic heterocycles. The highest BCUT2D eigenvalue weighted by Crippen LogP contribution is 2.40. The summed E-state index contributed by atoms with van der Waals surface area (Å²) in [5, 5.41) is 2.61. The summed E-state index contributed by atoms with van der Waals surface area (Å²) in [6.45, 7) is 3.94. The van der Waals surface area contributed by atoms with Crippen molar-refractivity contribution in [3.63, 3.8) is 0 Å². The lowest BCUT2D eigenvalue weighted by Gasteiger charge is -2.38. The van der Waals surface area contributed by atoms with E-state index < -0.39 is 0 Å². The van der Waals surface area contributed by atoms with Crippen molar-refractivity contribution in [2.75, 3.05) is 14.2 Å². The van der Waals surface area contributed by atoms with Crippen LogP contribution in [-0.2, 0) is 6.42 Å². The van der Waals surface area contributed by atoms with Gasteiger partial charge in [0, 0.05) is 31.2 Å². The van der Waals surface area contributed by atoms with Gasteiger partial charge >= 0.3 is 0 Å². The summed E-state index contributed by atoms with van der Waals surface area (Å²) in [7, 11) is 3.42. The first kappa shape index (κ1) is 14.5. The second-order valence-electron chi connectivity index (χ2n) is 6.45. The maximum Gasteiger partial charge on any atom is 0.161 e. The number of quaternary nitrogens is 1. The maximum atomic E-state index is 5.49. The Bertz CT molecular complexity index is 532. The van der Waals surface area contributed by atoms with Gasteiger partial charge in [-0.3, -0.25) is 0 Å². The van der Waals surface area contributed by atoms with Gasteiger partial charge in [-0.05, 0) is 30.5 Å². The van der Waals surface area contributed by atoms with Crippen molar-refractivity contribution < 1.29 is 14.8 Å². The molecule has 0 radical (unpaired) electrons. The molecule has 2 aliphatic rings. The van der Waals surface area contributed by atoms with Gasteiger partial charge in [0.15, 0.2) is 11.5 Å². The minimum absolute atomic E-state index is 0.403. The number of nitrogens with two attached hydrogens (primary N) is 1. The minimum atomic E-state index is 0.403. The first-order valence-electron chi connectivity index (χ1n) is 7.93. The van der Waals surface area contributed by atoms with E-state index in [0.717, 1.165) is 24.3 Å². The monoisotopic (exact) mass is 288 g/mol. The number of ether oxygens (including phenoxy) is 2. The van der Waals surface area contributed by atoms with Crippen LogP contribution in [0.5, 0.6) is 11.5 Å². The van der Waals surface area contributed by atoms with E-state index in [9.17, 15) is 0 Å². The van der Waals surface area contributed by atoms with Crippen LogP contribution in [0.3, 0.4) is 0 Å². The lowest BCUT2D eigenvalue weighted by molar-refractivity contribution is -0.765. The van der Waals surface area contributed by atoms with E-state index in [2.05, 4.69) is 24.0 Å². The number of methoxy groups -OCH3 is 2. The smallest absolute Gasteiger partial charge is 0.161 e. The molecule has 114 valence electrons. The normalized spacial score (nSPS) is 22.9. The van der Waals surface area contributed by atoms with Crippen LogP contribution in [0, 0.1) is 0 Å². The van der Waals surface area contributed by atoms with E-state index in [1.807, 2.05) is 6.08 Å². The van der Waals surface area contributed by atoms with Crippen molar-refractivity contribution in [2.24, 2.45) is 0 Å². The first-order chi connectivity index (χ1) is 10.2. The van der Waals surface area contributed by atoms with E-state index in [1.54, 1.807) is 14.2 Å². The average Bonchev–Trinajstić information content (AvgIpc) is 2.94. The Kier molecular flexibility index (Phi) is 3.94. The summed E-state index contributed by atoms with van der Waals surface area (Å²) in [5.41, 5.74) is 3.23. The number of fused-ring (bicyclic) bond motifs is 1. The Morgan fingerprint density at radius 1 is 1.24 bits per heavy atom. The summed E-state index contributed by atoms with van der Waals surface area (Å²) < 4.78 is 11.0. The Balaban J connectivity index is 2.04. The summed E-state index contributed by atoms with van der Waals surface area (Å²) in [5.74, 6) is 1.68.